The summed E-state index contributed by atoms with van der Waals surface area (Å²) in [5.41, 5.74) is 2.87. The van der Waals surface area contributed by atoms with Crippen LogP contribution < -0.4 is 4.74 Å². The van der Waals surface area contributed by atoms with Crippen molar-refractivity contribution < 1.29 is 23.5 Å². The number of carbonyl (C=O) groups excluding carboxylic acids is 2. The van der Waals surface area contributed by atoms with Gasteiger partial charge in [0.15, 0.2) is 24.0 Å². The third kappa shape index (κ3) is 4.43. The molecule has 136 valence electrons. The smallest absolute Gasteiger partial charge is 0.316 e. The fraction of sp³-hybridized carbons (Fsp3) is 0.300. The van der Waals surface area contributed by atoms with Crippen LogP contribution in [0.25, 0.3) is 0 Å². The molecule has 1 aliphatic carbocycles. The van der Waals surface area contributed by atoms with E-state index >= 15 is 0 Å². The lowest BCUT2D eigenvalue weighted by atomic mass is 10.1. The molecular formula is C20H19FO4S. The molecule has 0 heterocycles. The van der Waals surface area contributed by atoms with Crippen LogP contribution in [0.4, 0.5) is 4.39 Å². The summed E-state index contributed by atoms with van der Waals surface area (Å²) in [5, 5.41) is 0. The van der Waals surface area contributed by atoms with Crippen LogP contribution in [0.2, 0.25) is 0 Å². The Morgan fingerprint density at radius 1 is 1.12 bits per heavy atom. The van der Waals surface area contributed by atoms with Crippen molar-refractivity contribution in [2.45, 2.75) is 24.2 Å². The monoisotopic (exact) mass is 374 g/mol. The maximum absolute atomic E-state index is 13.6. The number of ether oxygens (including phenoxy) is 2. The van der Waals surface area contributed by atoms with Gasteiger partial charge < -0.3 is 9.47 Å². The zero-order valence-corrected chi connectivity index (χ0v) is 15.2. The molecule has 0 aliphatic heterocycles. The average Bonchev–Trinajstić information content (AvgIpc) is 3.12. The number of ketones is 1. The Kier molecular flexibility index (Phi) is 5.93. The van der Waals surface area contributed by atoms with Gasteiger partial charge in [0, 0.05) is 10.5 Å². The van der Waals surface area contributed by atoms with Gasteiger partial charge in [-0.3, -0.25) is 9.59 Å². The predicted octanol–water partition coefficient (Wildman–Crippen LogP) is 3.84. The van der Waals surface area contributed by atoms with Crippen molar-refractivity contribution in [2.24, 2.45) is 0 Å². The first-order valence-corrected chi connectivity index (χ1v) is 9.32. The topological polar surface area (TPSA) is 52.6 Å². The summed E-state index contributed by atoms with van der Waals surface area (Å²) >= 11 is 1.39. The van der Waals surface area contributed by atoms with Crippen molar-refractivity contribution in [3.05, 3.63) is 58.9 Å². The summed E-state index contributed by atoms with van der Waals surface area (Å²) in [5.74, 6) is -1.37. The number of halogens is 1. The van der Waals surface area contributed by atoms with Crippen LogP contribution in [0, 0.1) is 5.82 Å². The number of Topliss-reactive ketones (excluding diaryl/α,β-unsaturated/α-hetero) is 1. The van der Waals surface area contributed by atoms with Crippen LogP contribution in [-0.2, 0) is 22.4 Å². The third-order valence-corrected chi connectivity index (χ3v) is 5.23. The van der Waals surface area contributed by atoms with Gasteiger partial charge in [-0.05, 0) is 60.7 Å². The highest BCUT2D eigenvalue weighted by molar-refractivity contribution is 8.00. The Bertz CT molecular complexity index is 835. The Balaban J connectivity index is 1.48. The molecule has 0 N–H and O–H groups in total. The van der Waals surface area contributed by atoms with Crippen molar-refractivity contribution in [3.8, 4) is 5.75 Å². The molecule has 2 aromatic carbocycles. The third-order valence-electron chi connectivity index (χ3n) is 4.26. The van der Waals surface area contributed by atoms with Crippen molar-refractivity contribution in [3.63, 3.8) is 0 Å². The standard InChI is InChI=1S/C20H19FO4S/c1-24-19-8-6-15(10-17(19)21)18(22)11-25-20(23)12-26-16-7-5-13-3-2-4-14(13)9-16/h5-10H,2-4,11-12H2,1H3. The van der Waals surface area contributed by atoms with E-state index in [1.165, 1.54) is 48.6 Å². The fourth-order valence-corrected chi connectivity index (χ4v) is 3.65. The van der Waals surface area contributed by atoms with Crippen molar-refractivity contribution in [1.29, 1.82) is 0 Å². The van der Waals surface area contributed by atoms with Crippen LogP contribution in [0.15, 0.2) is 41.3 Å². The van der Waals surface area contributed by atoms with E-state index in [9.17, 15) is 14.0 Å². The molecule has 0 aromatic heterocycles. The van der Waals surface area contributed by atoms with Gasteiger partial charge in [0.05, 0.1) is 12.9 Å². The number of fused-ring (bicyclic) bond motifs is 1. The van der Waals surface area contributed by atoms with Gasteiger partial charge in [-0.25, -0.2) is 4.39 Å². The van der Waals surface area contributed by atoms with Crippen LogP contribution in [0.3, 0.4) is 0 Å². The van der Waals surface area contributed by atoms with E-state index in [-0.39, 0.29) is 17.1 Å². The summed E-state index contributed by atoms with van der Waals surface area (Å²) in [6.07, 6.45) is 3.39. The molecule has 6 heteroatoms. The number of carbonyl (C=O) groups is 2. The van der Waals surface area contributed by atoms with Crippen LogP contribution in [0.5, 0.6) is 5.75 Å². The number of hydrogen-bond donors (Lipinski definition) is 0. The van der Waals surface area contributed by atoms with Crippen molar-refractivity contribution in [1.82, 2.24) is 0 Å². The summed E-state index contributed by atoms with van der Waals surface area (Å²) < 4.78 is 23.4. The second kappa shape index (κ2) is 8.36. The normalized spacial score (nSPS) is 12.5. The van der Waals surface area contributed by atoms with E-state index in [0.717, 1.165) is 23.8 Å². The number of esters is 1. The highest BCUT2D eigenvalue weighted by Crippen LogP contribution is 2.27. The van der Waals surface area contributed by atoms with Gasteiger partial charge in [-0.1, -0.05) is 6.07 Å². The molecular weight excluding hydrogens is 355 g/mol. The van der Waals surface area contributed by atoms with Gasteiger partial charge in [-0.2, -0.15) is 0 Å². The molecule has 0 bridgehead atoms. The molecule has 0 amide bonds. The molecule has 26 heavy (non-hydrogen) atoms. The molecule has 4 nitrogen and oxygen atoms in total. The number of hydrogen-bond acceptors (Lipinski definition) is 5. The fourth-order valence-electron chi connectivity index (χ4n) is 2.89. The molecule has 0 unspecified atom stereocenters. The van der Waals surface area contributed by atoms with Crippen molar-refractivity contribution >= 4 is 23.5 Å². The number of methoxy groups -OCH3 is 1. The molecule has 3 rings (SSSR count). The number of thioether (sulfide) groups is 1. The van der Waals surface area contributed by atoms with Crippen LogP contribution in [0.1, 0.15) is 27.9 Å². The first-order valence-electron chi connectivity index (χ1n) is 8.34. The largest absolute Gasteiger partial charge is 0.494 e. The Hall–Kier alpha value is -2.34. The van der Waals surface area contributed by atoms with Crippen molar-refractivity contribution in [2.75, 3.05) is 19.5 Å². The lowest BCUT2D eigenvalue weighted by Crippen LogP contribution is -2.15. The van der Waals surface area contributed by atoms with Gasteiger partial charge >= 0.3 is 5.97 Å². The molecule has 0 fully saturated rings. The molecule has 1 aliphatic rings. The SMILES string of the molecule is COc1ccc(C(=O)COC(=O)CSc2ccc3c(c2)CCC3)cc1F. The van der Waals surface area contributed by atoms with E-state index in [4.69, 9.17) is 9.47 Å². The van der Waals surface area contributed by atoms with E-state index in [0.29, 0.717) is 0 Å². The summed E-state index contributed by atoms with van der Waals surface area (Å²) in [7, 11) is 1.35. The summed E-state index contributed by atoms with van der Waals surface area (Å²) in [4.78, 5) is 24.9. The second-order valence-corrected chi connectivity index (χ2v) is 7.05. The minimum atomic E-state index is -0.628. The predicted molar refractivity (Wildman–Crippen MR) is 97.4 cm³/mol. The Morgan fingerprint density at radius 3 is 2.69 bits per heavy atom. The first kappa shape index (κ1) is 18.5. The summed E-state index contributed by atoms with van der Waals surface area (Å²) in [6, 6.07) is 10.1. The van der Waals surface area contributed by atoms with E-state index in [2.05, 4.69) is 12.1 Å². The highest BCUT2D eigenvalue weighted by atomic mass is 32.2. The van der Waals surface area contributed by atoms with Gasteiger partial charge in [-0.15, -0.1) is 11.8 Å². The van der Waals surface area contributed by atoms with Gasteiger partial charge in [0.2, 0.25) is 0 Å². The first-order chi connectivity index (χ1) is 12.6. The van der Waals surface area contributed by atoms with E-state index in [1.54, 1.807) is 0 Å². The lowest BCUT2D eigenvalue weighted by molar-refractivity contribution is -0.139. The number of rotatable bonds is 7. The zero-order valence-electron chi connectivity index (χ0n) is 14.4. The average molecular weight is 374 g/mol. The summed E-state index contributed by atoms with van der Waals surface area (Å²) in [6.45, 7) is -0.407. The molecule has 2 aromatic rings. The maximum atomic E-state index is 13.6. The van der Waals surface area contributed by atoms with Crippen LogP contribution >= 0.6 is 11.8 Å². The second-order valence-electron chi connectivity index (χ2n) is 6.01. The zero-order chi connectivity index (χ0) is 18.5. The van der Waals surface area contributed by atoms with E-state index < -0.39 is 24.2 Å². The highest BCUT2D eigenvalue weighted by Gasteiger charge is 2.14. The van der Waals surface area contributed by atoms with Gasteiger partial charge in [0.1, 0.15) is 0 Å². The van der Waals surface area contributed by atoms with Gasteiger partial charge in [0.25, 0.3) is 0 Å². The molecule has 0 saturated carbocycles. The molecule has 0 saturated heterocycles. The minimum absolute atomic E-state index is 0.0595. The van der Waals surface area contributed by atoms with Crippen LogP contribution in [-0.4, -0.2) is 31.2 Å². The lowest BCUT2D eigenvalue weighted by Gasteiger charge is -2.07. The molecule has 0 spiro atoms. The number of aryl methyl sites for hydroxylation is 2. The minimum Gasteiger partial charge on any atom is -0.494 e. The Labute approximate surface area is 155 Å². The Morgan fingerprint density at radius 2 is 1.92 bits per heavy atom. The molecule has 0 radical (unpaired) electrons. The van der Waals surface area contributed by atoms with E-state index in [1.807, 2.05) is 6.07 Å². The quantitative estimate of drug-likeness (QED) is 0.419. The number of benzene rings is 2. The maximum Gasteiger partial charge on any atom is 0.316 e. The molecule has 0 atom stereocenters.